The summed E-state index contributed by atoms with van der Waals surface area (Å²) >= 11 is 5.95. The maximum Gasteiger partial charge on any atom is 0.257 e. The van der Waals surface area contributed by atoms with Gasteiger partial charge in [0.05, 0.1) is 10.6 Å². The molecule has 1 amide bonds. The Morgan fingerprint density at radius 1 is 1.40 bits per heavy atom. The summed E-state index contributed by atoms with van der Waals surface area (Å²) in [6.45, 7) is 5.16. The Morgan fingerprint density at radius 3 is 2.47 bits per heavy atom. The van der Waals surface area contributed by atoms with Crippen LogP contribution >= 0.6 is 11.6 Å². The summed E-state index contributed by atoms with van der Waals surface area (Å²) < 4.78 is 0. The van der Waals surface area contributed by atoms with Crippen LogP contribution in [0.4, 0.5) is 5.69 Å². The minimum Gasteiger partial charge on any atom is -0.398 e. The first-order chi connectivity index (χ1) is 7.11. The van der Waals surface area contributed by atoms with E-state index in [2.05, 4.69) is 0 Å². The highest BCUT2D eigenvalue weighted by molar-refractivity contribution is 6.34. The maximum atomic E-state index is 12.0. The Bertz CT molecular complexity index is 341. The molecule has 3 nitrogen and oxygen atoms in total. The van der Waals surface area contributed by atoms with E-state index < -0.39 is 0 Å². The van der Waals surface area contributed by atoms with E-state index in [9.17, 15) is 4.79 Å². The molecule has 1 aromatic carbocycles. The molecule has 0 heterocycles. The van der Waals surface area contributed by atoms with Crippen molar-refractivity contribution in [1.29, 1.82) is 0 Å². The lowest BCUT2D eigenvalue weighted by molar-refractivity contribution is 0.0774. The van der Waals surface area contributed by atoms with Crippen LogP contribution in [0.1, 0.15) is 24.2 Å². The summed E-state index contributed by atoms with van der Waals surface area (Å²) in [5.74, 6) is -0.108. The average Bonchev–Trinajstić information content (AvgIpc) is 2.19. The van der Waals surface area contributed by atoms with Crippen molar-refractivity contribution < 1.29 is 4.79 Å². The van der Waals surface area contributed by atoms with Gasteiger partial charge in [-0.05, 0) is 26.0 Å². The molecule has 0 aliphatic rings. The van der Waals surface area contributed by atoms with Crippen LogP contribution in [-0.4, -0.2) is 23.9 Å². The van der Waals surface area contributed by atoms with E-state index in [4.69, 9.17) is 17.3 Å². The van der Waals surface area contributed by atoms with Gasteiger partial charge in [-0.25, -0.2) is 0 Å². The number of hydrogen-bond donors (Lipinski definition) is 1. The lowest BCUT2D eigenvalue weighted by Crippen LogP contribution is -2.31. The van der Waals surface area contributed by atoms with Crippen molar-refractivity contribution in [2.75, 3.05) is 18.8 Å². The van der Waals surface area contributed by atoms with Crippen LogP contribution in [0.5, 0.6) is 0 Å². The van der Waals surface area contributed by atoms with Crippen LogP contribution in [0.2, 0.25) is 5.02 Å². The van der Waals surface area contributed by atoms with Gasteiger partial charge in [0.15, 0.2) is 0 Å². The number of nitrogen functional groups attached to an aromatic ring is 1. The molecule has 0 bridgehead atoms. The van der Waals surface area contributed by atoms with Gasteiger partial charge in [-0.3, -0.25) is 4.79 Å². The second kappa shape index (κ2) is 5.03. The van der Waals surface area contributed by atoms with Crippen molar-refractivity contribution in [3.05, 3.63) is 28.8 Å². The molecule has 1 aromatic rings. The first-order valence-electron chi connectivity index (χ1n) is 4.95. The highest BCUT2D eigenvalue weighted by Crippen LogP contribution is 2.23. The van der Waals surface area contributed by atoms with Crippen LogP contribution in [0.25, 0.3) is 0 Å². The Kier molecular flexibility index (Phi) is 3.97. The highest BCUT2D eigenvalue weighted by Gasteiger charge is 2.18. The molecule has 0 aromatic heterocycles. The molecule has 0 aliphatic heterocycles. The third-order valence-corrected chi connectivity index (χ3v) is 2.63. The van der Waals surface area contributed by atoms with E-state index >= 15 is 0 Å². The molecule has 82 valence electrons. The third-order valence-electron chi connectivity index (χ3n) is 2.31. The summed E-state index contributed by atoms with van der Waals surface area (Å²) in [4.78, 5) is 13.7. The average molecular weight is 227 g/mol. The topological polar surface area (TPSA) is 46.3 Å². The molecule has 0 fully saturated rings. The minimum atomic E-state index is -0.108. The zero-order valence-electron chi connectivity index (χ0n) is 8.96. The second-order valence-electron chi connectivity index (χ2n) is 3.18. The zero-order valence-corrected chi connectivity index (χ0v) is 9.71. The Hall–Kier alpha value is -1.22. The summed E-state index contributed by atoms with van der Waals surface area (Å²) in [5, 5.41) is 0.409. The normalized spacial score (nSPS) is 10.1. The van der Waals surface area contributed by atoms with Crippen molar-refractivity contribution in [3.63, 3.8) is 0 Å². The monoisotopic (exact) mass is 226 g/mol. The number of benzene rings is 1. The molecule has 0 saturated carbocycles. The molecule has 1 rings (SSSR count). The second-order valence-corrected chi connectivity index (χ2v) is 3.59. The van der Waals surface area contributed by atoms with Gasteiger partial charge in [-0.2, -0.15) is 0 Å². The molecule has 0 saturated heterocycles. The molecular weight excluding hydrogens is 212 g/mol. The first kappa shape index (κ1) is 11.9. The predicted molar refractivity (Wildman–Crippen MR) is 63.1 cm³/mol. The van der Waals surface area contributed by atoms with Crippen molar-refractivity contribution in [3.8, 4) is 0 Å². The number of carbonyl (C=O) groups excluding carboxylic acids is 1. The Morgan fingerprint density at radius 2 is 2.00 bits per heavy atom. The van der Waals surface area contributed by atoms with E-state index in [1.165, 1.54) is 0 Å². The van der Waals surface area contributed by atoms with Gasteiger partial charge in [-0.15, -0.1) is 0 Å². The number of hydrogen-bond acceptors (Lipinski definition) is 2. The summed E-state index contributed by atoms with van der Waals surface area (Å²) in [7, 11) is 0. The largest absolute Gasteiger partial charge is 0.398 e. The van der Waals surface area contributed by atoms with Crippen LogP contribution in [0, 0.1) is 0 Å². The highest BCUT2D eigenvalue weighted by atomic mass is 35.5. The van der Waals surface area contributed by atoms with E-state index in [0.717, 1.165) is 0 Å². The van der Waals surface area contributed by atoms with Gasteiger partial charge >= 0.3 is 0 Å². The van der Waals surface area contributed by atoms with Crippen molar-refractivity contribution in [2.24, 2.45) is 0 Å². The van der Waals surface area contributed by atoms with E-state index in [1.54, 1.807) is 23.1 Å². The molecule has 0 unspecified atom stereocenters. The smallest absolute Gasteiger partial charge is 0.257 e. The standard InChI is InChI=1S/C11H15ClN2O/c1-3-14(4-2)11(15)10-8(12)6-5-7-9(10)13/h5-7H,3-4,13H2,1-2H3. The van der Waals surface area contributed by atoms with Gasteiger partial charge in [0, 0.05) is 18.8 Å². The van der Waals surface area contributed by atoms with Gasteiger partial charge in [0.25, 0.3) is 5.91 Å². The van der Waals surface area contributed by atoms with Crippen LogP contribution < -0.4 is 5.73 Å². The lowest BCUT2D eigenvalue weighted by atomic mass is 10.1. The van der Waals surface area contributed by atoms with Crippen molar-refractivity contribution in [1.82, 2.24) is 4.90 Å². The fourth-order valence-corrected chi connectivity index (χ4v) is 1.70. The van der Waals surface area contributed by atoms with E-state index in [1.807, 2.05) is 13.8 Å². The van der Waals surface area contributed by atoms with Crippen molar-refractivity contribution >= 4 is 23.2 Å². The first-order valence-corrected chi connectivity index (χ1v) is 5.32. The zero-order chi connectivity index (χ0) is 11.4. The van der Waals surface area contributed by atoms with Gasteiger partial charge in [-0.1, -0.05) is 17.7 Å². The fraction of sp³-hybridized carbons (Fsp3) is 0.364. The van der Waals surface area contributed by atoms with Gasteiger partial charge in [0.2, 0.25) is 0 Å². The number of halogens is 1. The van der Waals surface area contributed by atoms with Crippen molar-refractivity contribution in [2.45, 2.75) is 13.8 Å². The molecule has 0 aliphatic carbocycles. The SMILES string of the molecule is CCN(CC)C(=O)c1c(N)cccc1Cl. The molecule has 2 N–H and O–H groups in total. The maximum absolute atomic E-state index is 12.0. The lowest BCUT2D eigenvalue weighted by Gasteiger charge is -2.20. The molecule has 0 spiro atoms. The van der Waals surface area contributed by atoms with E-state index in [0.29, 0.717) is 29.4 Å². The number of nitrogens with zero attached hydrogens (tertiary/aromatic N) is 1. The van der Waals surface area contributed by atoms with Gasteiger partial charge < -0.3 is 10.6 Å². The summed E-state index contributed by atoms with van der Waals surface area (Å²) in [6, 6.07) is 5.09. The quantitative estimate of drug-likeness (QED) is 0.805. The Labute approximate surface area is 94.8 Å². The predicted octanol–water partition coefficient (Wildman–Crippen LogP) is 2.40. The van der Waals surface area contributed by atoms with E-state index in [-0.39, 0.29) is 5.91 Å². The number of nitrogens with two attached hydrogens (primary N) is 1. The molecule has 15 heavy (non-hydrogen) atoms. The molecule has 0 atom stereocenters. The number of amides is 1. The van der Waals surface area contributed by atoms with Gasteiger partial charge in [0.1, 0.15) is 0 Å². The summed E-state index contributed by atoms with van der Waals surface area (Å²) in [6.07, 6.45) is 0. The molecule has 4 heteroatoms. The number of rotatable bonds is 3. The van der Waals surface area contributed by atoms with Crippen LogP contribution in [0.3, 0.4) is 0 Å². The van der Waals surface area contributed by atoms with Crippen LogP contribution in [-0.2, 0) is 0 Å². The number of carbonyl (C=O) groups is 1. The fourth-order valence-electron chi connectivity index (χ4n) is 1.44. The molecular formula is C11H15ClN2O. The van der Waals surface area contributed by atoms with Crippen LogP contribution in [0.15, 0.2) is 18.2 Å². The summed E-state index contributed by atoms with van der Waals surface area (Å²) in [5.41, 5.74) is 6.57. The molecule has 0 radical (unpaired) electrons. The third kappa shape index (κ3) is 2.42. The Balaban J connectivity index is 3.10. The minimum absolute atomic E-state index is 0.108. The number of anilines is 1.